The van der Waals surface area contributed by atoms with Gasteiger partial charge in [-0.2, -0.15) is 0 Å². The predicted molar refractivity (Wildman–Crippen MR) is 92.7 cm³/mol. The minimum atomic E-state index is -0.611. The van der Waals surface area contributed by atoms with E-state index in [4.69, 9.17) is 0 Å². The van der Waals surface area contributed by atoms with E-state index in [1.807, 2.05) is 31.2 Å². The molecule has 0 spiro atoms. The smallest absolute Gasteiger partial charge is 0.240 e. The van der Waals surface area contributed by atoms with Crippen molar-refractivity contribution in [3.8, 4) is 0 Å². The lowest BCUT2D eigenvalue weighted by atomic mass is 9.76. The zero-order valence-electron chi connectivity index (χ0n) is 14.3. The molecule has 1 heterocycles. The van der Waals surface area contributed by atoms with Crippen molar-refractivity contribution in [2.75, 3.05) is 18.1 Å². The molecule has 0 bridgehead atoms. The van der Waals surface area contributed by atoms with Gasteiger partial charge in [0.2, 0.25) is 11.8 Å². The van der Waals surface area contributed by atoms with E-state index in [9.17, 15) is 14.7 Å². The highest BCUT2D eigenvalue weighted by Crippen LogP contribution is 2.33. The van der Waals surface area contributed by atoms with Crippen molar-refractivity contribution in [1.82, 2.24) is 5.32 Å². The maximum atomic E-state index is 12.6. The second-order valence-corrected chi connectivity index (χ2v) is 7.24. The summed E-state index contributed by atoms with van der Waals surface area (Å²) in [6.07, 6.45) is 5.93. The van der Waals surface area contributed by atoms with Crippen LogP contribution in [-0.2, 0) is 16.0 Å². The normalized spacial score (nSPS) is 20.6. The first-order valence-corrected chi connectivity index (χ1v) is 8.83. The molecule has 0 radical (unpaired) electrons. The molecule has 5 heteroatoms. The lowest BCUT2D eigenvalue weighted by molar-refractivity contribution is -0.125. The average Bonchev–Trinajstić information content (AvgIpc) is 2.91. The maximum Gasteiger partial charge on any atom is 0.240 e. The van der Waals surface area contributed by atoms with Gasteiger partial charge in [0.15, 0.2) is 0 Å². The number of rotatable bonds is 5. The first kappa shape index (κ1) is 17.0. The van der Waals surface area contributed by atoms with Crippen molar-refractivity contribution in [2.45, 2.75) is 51.0 Å². The first-order valence-electron chi connectivity index (χ1n) is 8.83. The summed E-state index contributed by atoms with van der Waals surface area (Å²) in [5, 5.41) is 12.9. The Morgan fingerprint density at radius 1 is 1.29 bits per heavy atom. The molecule has 0 saturated heterocycles. The summed E-state index contributed by atoms with van der Waals surface area (Å²) in [5.74, 6) is 0.0404. The summed E-state index contributed by atoms with van der Waals surface area (Å²) < 4.78 is 0. The Hall–Kier alpha value is -1.88. The fourth-order valence-corrected chi connectivity index (χ4v) is 4.00. The van der Waals surface area contributed by atoms with Crippen molar-refractivity contribution < 1.29 is 14.7 Å². The SMILES string of the molecule is CC(CO)(NC(=O)CN1C(=O)Cc2ccccc21)C1CCCCC1. The quantitative estimate of drug-likeness (QED) is 0.868. The number of amides is 2. The lowest BCUT2D eigenvalue weighted by Crippen LogP contribution is -2.56. The molecule has 1 saturated carbocycles. The molecule has 1 aromatic carbocycles. The third kappa shape index (κ3) is 3.31. The average molecular weight is 330 g/mol. The van der Waals surface area contributed by atoms with Gasteiger partial charge in [-0.3, -0.25) is 9.59 Å². The van der Waals surface area contributed by atoms with Gasteiger partial charge in [0.05, 0.1) is 18.6 Å². The second kappa shape index (κ2) is 6.93. The molecule has 1 aliphatic heterocycles. The first-order chi connectivity index (χ1) is 11.5. The molecule has 24 heavy (non-hydrogen) atoms. The summed E-state index contributed by atoms with van der Waals surface area (Å²) in [7, 11) is 0. The van der Waals surface area contributed by atoms with Crippen LogP contribution in [0, 0.1) is 5.92 Å². The minimum absolute atomic E-state index is 0.0121. The van der Waals surface area contributed by atoms with Crippen LogP contribution in [0.3, 0.4) is 0 Å². The number of carbonyl (C=O) groups is 2. The Labute approximate surface area is 143 Å². The van der Waals surface area contributed by atoms with Crippen LogP contribution in [0.25, 0.3) is 0 Å². The molecule has 1 fully saturated rings. The molecular weight excluding hydrogens is 304 g/mol. The third-order valence-corrected chi connectivity index (χ3v) is 5.49. The Kier molecular flexibility index (Phi) is 4.90. The molecule has 1 unspecified atom stereocenters. The Morgan fingerprint density at radius 3 is 2.71 bits per heavy atom. The van der Waals surface area contributed by atoms with E-state index in [1.54, 1.807) is 4.90 Å². The molecule has 2 aliphatic rings. The van der Waals surface area contributed by atoms with Crippen LogP contribution in [0.2, 0.25) is 0 Å². The Bertz CT molecular complexity index is 625. The third-order valence-electron chi connectivity index (χ3n) is 5.49. The van der Waals surface area contributed by atoms with E-state index in [2.05, 4.69) is 5.32 Å². The monoisotopic (exact) mass is 330 g/mol. The van der Waals surface area contributed by atoms with Crippen molar-refractivity contribution in [1.29, 1.82) is 0 Å². The predicted octanol–water partition coefficient (Wildman–Crippen LogP) is 2.02. The van der Waals surface area contributed by atoms with Gasteiger partial charge in [-0.15, -0.1) is 0 Å². The second-order valence-electron chi connectivity index (χ2n) is 7.24. The molecule has 2 N–H and O–H groups in total. The molecule has 1 aromatic rings. The van der Waals surface area contributed by atoms with E-state index in [-0.39, 0.29) is 25.0 Å². The molecule has 3 rings (SSSR count). The van der Waals surface area contributed by atoms with Crippen molar-refractivity contribution in [3.05, 3.63) is 29.8 Å². The lowest BCUT2D eigenvalue weighted by Gasteiger charge is -2.39. The number of anilines is 1. The number of para-hydroxylation sites is 1. The van der Waals surface area contributed by atoms with Crippen molar-refractivity contribution in [3.63, 3.8) is 0 Å². The summed E-state index contributed by atoms with van der Waals surface area (Å²) in [4.78, 5) is 26.3. The molecule has 2 amide bonds. The maximum absolute atomic E-state index is 12.6. The van der Waals surface area contributed by atoms with Gasteiger partial charge in [-0.25, -0.2) is 0 Å². The molecule has 1 aliphatic carbocycles. The highest BCUT2D eigenvalue weighted by molar-refractivity contribution is 6.05. The fraction of sp³-hybridized carbons (Fsp3) is 0.579. The van der Waals surface area contributed by atoms with Crippen LogP contribution in [0.15, 0.2) is 24.3 Å². The van der Waals surface area contributed by atoms with Gasteiger partial charge in [0.1, 0.15) is 6.54 Å². The van der Waals surface area contributed by atoms with Crippen LogP contribution in [0.4, 0.5) is 5.69 Å². The Balaban J connectivity index is 1.67. The van der Waals surface area contributed by atoms with Crippen LogP contribution in [0.1, 0.15) is 44.6 Å². The van der Waals surface area contributed by atoms with Gasteiger partial charge in [-0.1, -0.05) is 37.5 Å². The number of aliphatic hydroxyl groups is 1. The van der Waals surface area contributed by atoms with Crippen LogP contribution in [0.5, 0.6) is 0 Å². The standard InChI is InChI=1S/C19H26N2O3/c1-19(13-22,15-8-3-2-4-9-15)20-17(23)12-21-16-10-6-5-7-14(16)11-18(21)24/h5-7,10,15,22H,2-4,8-9,11-13H2,1H3,(H,20,23). The van der Waals surface area contributed by atoms with Gasteiger partial charge in [-0.05, 0) is 37.3 Å². The molecule has 130 valence electrons. The number of hydrogen-bond acceptors (Lipinski definition) is 3. The highest BCUT2D eigenvalue weighted by atomic mass is 16.3. The zero-order valence-corrected chi connectivity index (χ0v) is 14.3. The topological polar surface area (TPSA) is 69.6 Å². The number of aliphatic hydroxyl groups excluding tert-OH is 1. The summed E-state index contributed by atoms with van der Waals surface area (Å²) in [5.41, 5.74) is 1.17. The van der Waals surface area contributed by atoms with E-state index in [1.165, 1.54) is 6.42 Å². The van der Waals surface area contributed by atoms with Crippen LogP contribution in [-0.4, -0.2) is 35.6 Å². The molecular formula is C19H26N2O3. The summed E-state index contributed by atoms with van der Waals surface area (Å²) >= 11 is 0. The van der Waals surface area contributed by atoms with E-state index >= 15 is 0 Å². The van der Waals surface area contributed by atoms with Gasteiger partial charge in [0.25, 0.3) is 0 Å². The van der Waals surface area contributed by atoms with Gasteiger partial charge in [0, 0.05) is 5.69 Å². The fourth-order valence-electron chi connectivity index (χ4n) is 4.00. The number of benzene rings is 1. The van der Waals surface area contributed by atoms with Crippen molar-refractivity contribution in [2.24, 2.45) is 5.92 Å². The van der Waals surface area contributed by atoms with Crippen LogP contribution >= 0.6 is 0 Å². The number of carbonyl (C=O) groups excluding carboxylic acids is 2. The number of nitrogens with one attached hydrogen (secondary N) is 1. The molecule has 0 aromatic heterocycles. The number of hydrogen-bond donors (Lipinski definition) is 2. The van der Waals surface area contributed by atoms with E-state index in [0.717, 1.165) is 36.9 Å². The highest BCUT2D eigenvalue weighted by Gasteiger charge is 2.37. The molecule has 5 nitrogen and oxygen atoms in total. The summed E-state index contributed by atoms with van der Waals surface area (Å²) in [6, 6.07) is 7.58. The van der Waals surface area contributed by atoms with Gasteiger partial charge < -0.3 is 15.3 Å². The van der Waals surface area contributed by atoms with Crippen LogP contribution < -0.4 is 10.2 Å². The Morgan fingerprint density at radius 2 is 2.00 bits per heavy atom. The minimum Gasteiger partial charge on any atom is -0.394 e. The van der Waals surface area contributed by atoms with Gasteiger partial charge >= 0.3 is 0 Å². The molecule has 1 atom stereocenters. The summed E-state index contributed by atoms with van der Waals surface area (Å²) in [6.45, 7) is 1.85. The van der Waals surface area contributed by atoms with E-state index < -0.39 is 5.54 Å². The number of nitrogens with zero attached hydrogens (tertiary/aromatic N) is 1. The van der Waals surface area contributed by atoms with Crippen molar-refractivity contribution >= 4 is 17.5 Å². The number of fused-ring (bicyclic) bond motifs is 1. The zero-order chi connectivity index (χ0) is 17.2. The van der Waals surface area contributed by atoms with E-state index in [0.29, 0.717) is 12.3 Å². The largest absolute Gasteiger partial charge is 0.394 e.